The monoisotopic (exact) mass is 359 g/mol. The number of aryl methyl sites for hydroxylation is 1. The van der Waals surface area contributed by atoms with Crippen molar-refractivity contribution < 1.29 is 27.4 Å². The van der Waals surface area contributed by atoms with Crippen LogP contribution in [0.5, 0.6) is 11.6 Å². The molecule has 24 heavy (non-hydrogen) atoms. The molecule has 0 aliphatic rings. The van der Waals surface area contributed by atoms with E-state index in [1.165, 1.54) is 18.2 Å². The summed E-state index contributed by atoms with van der Waals surface area (Å²) in [6.45, 7) is 3.73. The third-order valence-corrected chi connectivity index (χ3v) is 4.04. The molecule has 8 heteroatoms. The first-order valence-electron chi connectivity index (χ1n) is 7.37. The second-order valence-electron chi connectivity index (χ2n) is 4.81. The first kappa shape index (κ1) is 18.3. The molecule has 0 radical (unpaired) electrons. The number of halogens is 3. The van der Waals surface area contributed by atoms with Gasteiger partial charge in [-0.05, 0) is 31.9 Å². The molecule has 1 heterocycles. The Labute approximate surface area is 141 Å². The largest absolute Gasteiger partial charge is 0.462 e. The Balaban J connectivity index is 2.40. The van der Waals surface area contributed by atoms with Crippen LogP contribution in [0.4, 0.5) is 13.2 Å². The Morgan fingerprint density at radius 1 is 1.25 bits per heavy atom. The number of thiazole rings is 1. The van der Waals surface area contributed by atoms with Gasteiger partial charge in [0.1, 0.15) is 5.75 Å². The summed E-state index contributed by atoms with van der Waals surface area (Å²) in [6, 6.07) is 4.80. The van der Waals surface area contributed by atoms with E-state index < -0.39 is 23.5 Å². The number of rotatable bonds is 6. The van der Waals surface area contributed by atoms with Crippen LogP contribution in [-0.2, 0) is 17.3 Å². The van der Waals surface area contributed by atoms with Crippen molar-refractivity contribution >= 4 is 17.3 Å². The smallest absolute Gasteiger partial charge is 0.419 e. The van der Waals surface area contributed by atoms with E-state index in [2.05, 4.69) is 4.98 Å². The molecule has 0 aliphatic carbocycles. The van der Waals surface area contributed by atoms with Crippen LogP contribution in [-0.4, -0.2) is 17.6 Å². The summed E-state index contributed by atoms with van der Waals surface area (Å²) in [5.41, 5.74) is -0.926. The minimum absolute atomic E-state index is 0.0669. The Hall–Kier alpha value is -2.09. The van der Waals surface area contributed by atoms with Crippen molar-refractivity contribution in [2.75, 3.05) is 6.61 Å². The number of carbonyl (C=O) groups excluding carboxylic acids is 1. The van der Waals surface area contributed by atoms with E-state index in [9.17, 15) is 18.0 Å². The summed E-state index contributed by atoms with van der Waals surface area (Å²) in [6.07, 6.45) is -3.18. The van der Waals surface area contributed by atoms with Crippen molar-refractivity contribution in [3.8, 4) is 11.6 Å². The van der Waals surface area contributed by atoms with Crippen molar-refractivity contribution in [2.45, 2.75) is 32.9 Å². The fraction of sp³-hybridized carbons (Fsp3) is 0.375. The van der Waals surface area contributed by atoms with Crippen LogP contribution in [0.3, 0.4) is 0 Å². The molecule has 2 rings (SSSR count). The molecule has 0 unspecified atom stereocenters. The van der Waals surface area contributed by atoms with E-state index in [0.717, 1.165) is 23.8 Å². The predicted octanol–water partition coefficient (Wildman–Crippen LogP) is 5.08. The van der Waals surface area contributed by atoms with Crippen LogP contribution in [0.2, 0.25) is 0 Å². The average Bonchev–Trinajstić information content (AvgIpc) is 2.90. The lowest BCUT2D eigenvalue weighted by atomic mass is 10.2. The quantitative estimate of drug-likeness (QED) is 0.675. The lowest BCUT2D eigenvalue weighted by Gasteiger charge is -2.12. The van der Waals surface area contributed by atoms with Gasteiger partial charge in [0.05, 0.1) is 17.2 Å². The molecule has 0 bridgehead atoms. The van der Waals surface area contributed by atoms with Crippen LogP contribution < -0.4 is 4.74 Å². The molecule has 1 aromatic carbocycles. The van der Waals surface area contributed by atoms with Gasteiger partial charge in [0.25, 0.3) is 0 Å². The van der Waals surface area contributed by atoms with Gasteiger partial charge >= 0.3 is 12.1 Å². The van der Waals surface area contributed by atoms with E-state index in [1.807, 2.05) is 6.92 Å². The molecule has 4 nitrogen and oxygen atoms in total. The summed E-state index contributed by atoms with van der Waals surface area (Å²) in [5.74, 6) is -1.21. The van der Waals surface area contributed by atoms with E-state index in [1.54, 1.807) is 6.92 Å². The van der Waals surface area contributed by atoms with Gasteiger partial charge in [-0.3, -0.25) is 0 Å². The lowest BCUT2D eigenvalue weighted by molar-refractivity contribution is -0.138. The molecule has 2 aromatic rings. The van der Waals surface area contributed by atoms with Gasteiger partial charge in [-0.2, -0.15) is 13.2 Å². The number of nitrogens with zero attached hydrogens (tertiary/aromatic N) is 1. The maximum atomic E-state index is 13.1. The second-order valence-corrected chi connectivity index (χ2v) is 5.89. The number of carbonyl (C=O) groups is 1. The van der Waals surface area contributed by atoms with Crippen LogP contribution in [0.25, 0.3) is 0 Å². The molecular formula is C16H16F3NO3S. The SMILES string of the molecule is CCCc1nc(Oc2ccccc2C(F)(F)F)c(C(=O)OCC)s1. The molecule has 0 atom stereocenters. The molecule has 1 aromatic heterocycles. The van der Waals surface area contributed by atoms with Crippen molar-refractivity contribution in [3.05, 3.63) is 39.7 Å². The summed E-state index contributed by atoms with van der Waals surface area (Å²) in [7, 11) is 0. The van der Waals surface area contributed by atoms with E-state index in [4.69, 9.17) is 9.47 Å². The summed E-state index contributed by atoms with van der Waals surface area (Å²) in [4.78, 5) is 16.2. The summed E-state index contributed by atoms with van der Waals surface area (Å²) >= 11 is 1.07. The fourth-order valence-corrected chi connectivity index (χ4v) is 2.95. The standard InChI is InChI=1S/C16H16F3NO3S/c1-3-7-12-20-14(13(24-12)15(21)22-4-2)23-11-9-6-5-8-10(11)16(17,18)19/h5-6,8-9H,3-4,7H2,1-2H3. The van der Waals surface area contributed by atoms with E-state index >= 15 is 0 Å². The molecule has 0 aliphatic heterocycles. The number of hydrogen-bond donors (Lipinski definition) is 0. The third kappa shape index (κ3) is 4.25. The van der Waals surface area contributed by atoms with Gasteiger partial charge in [-0.25, -0.2) is 9.78 Å². The lowest BCUT2D eigenvalue weighted by Crippen LogP contribution is -2.08. The van der Waals surface area contributed by atoms with Gasteiger partial charge in [0, 0.05) is 0 Å². The highest BCUT2D eigenvalue weighted by Gasteiger charge is 2.35. The van der Waals surface area contributed by atoms with E-state index in [-0.39, 0.29) is 17.4 Å². The Kier molecular flexibility index (Phi) is 5.82. The number of benzene rings is 1. The summed E-state index contributed by atoms with van der Waals surface area (Å²) in [5, 5.41) is 0.611. The highest BCUT2D eigenvalue weighted by molar-refractivity contribution is 7.13. The Bertz CT molecular complexity index is 713. The number of aromatic nitrogens is 1. The third-order valence-electron chi connectivity index (χ3n) is 2.96. The first-order chi connectivity index (χ1) is 11.4. The van der Waals surface area contributed by atoms with Gasteiger partial charge < -0.3 is 9.47 Å². The van der Waals surface area contributed by atoms with Crippen molar-refractivity contribution in [1.29, 1.82) is 0 Å². The minimum Gasteiger partial charge on any atom is -0.462 e. The van der Waals surface area contributed by atoms with Crippen LogP contribution in [0.15, 0.2) is 24.3 Å². The van der Waals surface area contributed by atoms with Gasteiger partial charge in [-0.15, -0.1) is 11.3 Å². The van der Waals surface area contributed by atoms with Crippen molar-refractivity contribution in [2.24, 2.45) is 0 Å². The molecule has 0 fully saturated rings. The molecule has 0 saturated carbocycles. The average molecular weight is 359 g/mol. The molecule has 130 valence electrons. The number of ether oxygens (including phenoxy) is 2. The predicted molar refractivity (Wildman–Crippen MR) is 83.6 cm³/mol. The number of alkyl halides is 3. The van der Waals surface area contributed by atoms with Crippen LogP contribution in [0.1, 0.15) is 40.5 Å². The molecule has 0 N–H and O–H groups in total. The molecule has 0 amide bonds. The maximum Gasteiger partial charge on any atom is 0.419 e. The highest BCUT2D eigenvalue weighted by Crippen LogP contribution is 2.39. The number of para-hydroxylation sites is 1. The van der Waals surface area contributed by atoms with Gasteiger partial charge in [0.2, 0.25) is 5.88 Å². The zero-order chi connectivity index (χ0) is 17.7. The van der Waals surface area contributed by atoms with Crippen molar-refractivity contribution in [3.63, 3.8) is 0 Å². The van der Waals surface area contributed by atoms with Crippen LogP contribution in [0, 0.1) is 0 Å². The Morgan fingerprint density at radius 3 is 2.58 bits per heavy atom. The first-order valence-corrected chi connectivity index (χ1v) is 8.19. The van der Waals surface area contributed by atoms with Crippen molar-refractivity contribution in [1.82, 2.24) is 4.98 Å². The van der Waals surface area contributed by atoms with E-state index in [0.29, 0.717) is 11.4 Å². The van der Waals surface area contributed by atoms with Gasteiger partial charge in [-0.1, -0.05) is 19.1 Å². The normalized spacial score (nSPS) is 11.4. The Morgan fingerprint density at radius 2 is 1.96 bits per heavy atom. The topological polar surface area (TPSA) is 48.4 Å². The molecule has 0 spiro atoms. The fourth-order valence-electron chi connectivity index (χ4n) is 1.96. The second kappa shape index (κ2) is 7.65. The number of esters is 1. The van der Waals surface area contributed by atoms with Gasteiger partial charge in [0.15, 0.2) is 4.88 Å². The summed E-state index contributed by atoms with van der Waals surface area (Å²) < 4.78 is 49.5. The molecule has 0 saturated heterocycles. The van der Waals surface area contributed by atoms with Crippen LogP contribution >= 0.6 is 11.3 Å². The molecular weight excluding hydrogens is 343 g/mol. The zero-order valence-electron chi connectivity index (χ0n) is 13.1. The highest BCUT2D eigenvalue weighted by atomic mass is 32.1. The number of hydrogen-bond acceptors (Lipinski definition) is 5. The minimum atomic E-state index is -4.57. The zero-order valence-corrected chi connectivity index (χ0v) is 14.0. The maximum absolute atomic E-state index is 13.1.